The van der Waals surface area contributed by atoms with E-state index < -0.39 is 42.3 Å². The van der Waals surface area contributed by atoms with Gasteiger partial charge in [0.1, 0.15) is 5.75 Å². The van der Waals surface area contributed by atoms with E-state index in [0.29, 0.717) is 6.61 Å². The molecule has 0 saturated heterocycles. The number of ether oxygens (including phenoxy) is 1. The first kappa shape index (κ1) is 37.0. The van der Waals surface area contributed by atoms with Crippen LogP contribution in [0.4, 0.5) is 0 Å². The SMILES string of the molecule is CCCCCCCCCc1ccc(OCC[Si](C)(O[Si](C)(C)C)O[Si](C)(CC)O[Si](C)(C)O[Si](C)(C)C)cc1. The second-order valence-corrected chi connectivity index (χ2v) is 34.0. The molecule has 39 heavy (non-hydrogen) atoms. The smallest absolute Gasteiger partial charge is 0.319 e. The van der Waals surface area contributed by atoms with Crippen molar-refractivity contribution in [3.63, 3.8) is 0 Å². The van der Waals surface area contributed by atoms with E-state index >= 15 is 0 Å². The van der Waals surface area contributed by atoms with Crippen LogP contribution in [0, 0.1) is 0 Å². The zero-order valence-corrected chi connectivity index (χ0v) is 32.6. The van der Waals surface area contributed by atoms with Gasteiger partial charge in [-0.1, -0.05) is 64.5 Å². The minimum Gasteiger partial charge on any atom is -0.494 e. The van der Waals surface area contributed by atoms with E-state index in [2.05, 4.69) is 104 Å². The Labute approximate surface area is 247 Å². The van der Waals surface area contributed by atoms with Crippen molar-refractivity contribution in [2.24, 2.45) is 0 Å². The van der Waals surface area contributed by atoms with Gasteiger partial charge in [-0.2, -0.15) is 0 Å². The van der Waals surface area contributed by atoms with E-state index in [-0.39, 0.29) is 0 Å². The van der Waals surface area contributed by atoms with Crippen molar-refractivity contribution in [2.75, 3.05) is 6.61 Å². The van der Waals surface area contributed by atoms with E-state index in [1.54, 1.807) is 0 Å². The van der Waals surface area contributed by atoms with Crippen molar-refractivity contribution in [1.29, 1.82) is 0 Å². The topological polar surface area (TPSA) is 46.2 Å². The van der Waals surface area contributed by atoms with Crippen LogP contribution in [0.25, 0.3) is 0 Å². The number of unbranched alkanes of at least 4 members (excludes halogenated alkanes) is 6. The molecule has 1 aromatic rings. The molecular formula is C29H62O5Si5. The van der Waals surface area contributed by atoms with Gasteiger partial charge in [-0.15, -0.1) is 0 Å². The van der Waals surface area contributed by atoms with Crippen LogP contribution in [-0.4, -0.2) is 48.9 Å². The summed E-state index contributed by atoms with van der Waals surface area (Å²) in [6.07, 6.45) is 10.6. The van der Waals surface area contributed by atoms with Crippen molar-refractivity contribution >= 4 is 42.3 Å². The summed E-state index contributed by atoms with van der Waals surface area (Å²) >= 11 is 0. The summed E-state index contributed by atoms with van der Waals surface area (Å²) in [6, 6.07) is 10.3. The Balaban J connectivity index is 2.73. The third-order valence-corrected chi connectivity index (χ3v) is 24.6. The summed E-state index contributed by atoms with van der Waals surface area (Å²) in [5, 5.41) is 0. The average Bonchev–Trinajstić information content (AvgIpc) is 2.76. The molecule has 0 aliphatic heterocycles. The van der Waals surface area contributed by atoms with Crippen molar-refractivity contribution in [3.05, 3.63) is 29.8 Å². The van der Waals surface area contributed by atoms with E-state index in [0.717, 1.165) is 24.3 Å². The van der Waals surface area contributed by atoms with Crippen LogP contribution in [-0.2, 0) is 22.9 Å². The maximum atomic E-state index is 7.00. The normalized spacial score (nSPS) is 16.1. The maximum Gasteiger partial charge on any atom is 0.319 e. The highest BCUT2D eigenvalue weighted by molar-refractivity contribution is 6.90. The monoisotopic (exact) mass is 630 g/mol. The summed E-state index contributed by atoms with van der Waals surface area (Å²) in [5.41, 5.74) is 1.40. The fourth-order valence-electron chi connectivity index (χ4n) is 5.06. The van der Waals surface area contributed by atoms with Crippen LogP contribution in [0.2, 0.25) is 77.6 Å². The van der Waals surface area contributed by atoms with Gasteiger partial charge in [0.25, 0.3) is 0 Å². The average molecular weight is 631 g/mol. The lowest BCUT2D eigenvalue weighted by Gasteiger charge is -2.43. The summed E-state index contributed by atoms with van der Waals surface area (Å²) in [5.74, 6) is 0.923. The van der Waals surface area contributed by atoms with Crippen molar-refractivity contribution in [2.45, 2.75) is 143 Å². The molecule has 0 bridgehead atoms. The molecule has 0 radical (unpaired) electrons. The van der Waals surface area contributed by atoms with Gasteiger partial charge in [-0.25, -0.2) is 0 Å². The zero-order chi connectivity index (χ0) is 29.8. The second-order valence-electron chi connectivity index (χ2n) is 13.8. The minimum atomic E-state index is -2.55. The van der Waals surface area contributed by atoms with Gasteiger partial charge in [0, 0.05) is 6.04 Å². The Bertz CT molecular complexity index is 810. The van der Waals surface area contributed by atoms with Gasteiger partial charge in [-0.05, 0) is 102 Å². The maximum absolute atomic E-state index is 7.00. The first-order valence-corrected chi connectivity index (χ1v) is 30.1. The fourth-order valence-corrected chi connectivity index (χ4v) is 28.0. The van der Waals surface area contributed by atoms with Crippen LogP contribution >= 0.6 is 0 Å². The highest BCUT2D eigenvalue weighted by Crippen LogP contribution is 2.30. The fraction of sp³-hybridized carbons (Fsp3) is 0.793. The van der Waals surface area contributed by atoms with E-state index in [1.165, 1.54) is 50.5 Å². The predicted molar refractivity (Wildman–Crippen MR) is 181 cm³/mol. The lowest BCUT2D eigenvalue weighted by molar-refractivity contribution is 0.274. The summed E-state index contributed by atoms with van der Waals surface area (Å²) in [4.78, 5) is 0. The van der Waals surface area contributed by atoms with E-state index in [4.69, 9.17) is 21.2 Å². The van der Waals surface area contributed by atoms with Crippen LogP contribution < -0.4 is 4.74 Å². The van der Waals surface area contributed by atoms with Crippen LogP contribution in [0.15, 0.2) is 24.3 Å². The standard InChI is InChI=1S/C29H62O5Si5/c1-13-15-16-17-18-19-20-21-28-22-24-29(25-23-28)30-26-27-39(12,32-36(6,7)8)34-38(11,14-2)33-37(9,10)31-35(3,4)5/h22-25H,13-21,26-27H2,1-12H3. The molecule has 2 atom stereocenters. The quantitative estimate of drug-likeness (QED) is 0.0999. The van der Waals surface area contributed by atoms with Gasteiger partial charge >= 0.3 is 25.7 Å². The van der Waals surface area contributed by atoms with Crippen molar-refractivity contribution in [1.82, 2.24) is 0 Å². The molecule has 0 saturated carbocycles. The molecule has 0 spiro atoms. The van der Waals surface area contributed by atoms with Crippen molar-refractivity contribution in [3.8, 4) is 5.75 Å². The highest BCUT2D eigenvalue weighted by Gasteiger charge is 2.48. The molecule has 0 aliphatic rings. The molecule has 10 heteroatoms. The summed E-state index contributed by atoms with van der Waals surface area (Å²) in [6.45, 7) is 27.2. The lowest BCUT2D eigenvalue weighted by Crippen LogP contribution is -2.60. The molecule has 0 fully saturated rings. The van der Waals surface area contributed by atoms with Crippen LogP contribution in [0.3, 0.4) is 0 Å². The Hall–Kier alpha value is -0.0556. The lowest BCUT2D eigenvalue weighted by atomic mass is 10.0. The molecule has 0 amide bonds. The molecule has 228 valence electrons. The Morgan fingerprint density at radius 3 is 1.62 bits per heavy atom. The zero-order valence-electron chi connectivity index (χ0n) is 27.6. The highest BCUT2D eigenvalue weighted by atomic mass is 28.5. The predicted octanol–water partition coefficient (Wildman–Crippen LogP) is 9.96. The molecule has 1 aromatic carbocycles. The number of hydrogen-bond donors (Lipinski definition) is 0. The summed E-state index contributed by atoms with van der Waals surface area (Å²) < 4.78 is 33.3. The second kappa shape index (κ2) is 16.5. The number of benzene rings is 1. The third kappa shape index (κ3) is 17.5. The number of aryl methyl sites for hydroxylation is 1. The Morgan fingerprint density at radius 2 is 1.10 bits per heavy atom. The number of hydrogen-bond acceptors (Lipinski definition) is 5. The summed E-state index contributed by atoms with van der Waals surface area (Å²) in [7, 11) is -10.9. The molecule has 0 aliphatic carbocycles. The Kier molecular flexibility index (Phi) is 15.7. The van der Waals surface area contributed by atoms with Gasteiger partial charge in [0.05, 0.1) is 6.61 Å². The van der Waals surface area contributed by atoms with E-state index in [9.17, 15) is 0 Å². The first-order valence-electron chi connectivity index (χ1n) is 15.4. The molecule has 0 N–H and O–H groups in total. The number of rotatable bonds is 21. The largest absolute Gasteiger partial charge is 0.494 e. The molecule has 1 rings (SSSR count). The first-order chi connectivity index (χ1) is 17.9. The molecular weight excluding hydrogens is 569 g/mol. The molecule has 2 unspecified atom stereocenters. The van der Waals surface area contributed by atoms with Crippen LogP contribution in [0.5, 0.6) is 5.75 Å². The van der Waals surface area contributed by atoms with Gasteiger partial charge in [0.2, 0.25) is 0 Å². The third-order valence-electron chi connectivity index (χ3n) is 6.43. The van der Waals surface area contributed by atoms with Crippen molar-refractivity contribution < 1.29 is 21.2 Å². The molecule has 0 aromatic heterocycles. The van der Waals surface area contributed by atoms with Gasteiger partial charge < -0.3 is 21.2 Å². The van der Waals surface area contributed by atoms with E-state index in [1.807, 2.05) is 0 Å². The van der Waals surface area contributed by atoms with Gasteiger partial charge in [-0.3, -0.25) is 0 Å². The van der Waals surface area contributed by atoms with Crippen LogP contribution in [0.1, 0.15) is 64.4 Å². The Morgan fingerprint density at radius 1 is 0.564 bits per heavy atom. The minimum absolute atomic E-state index is 0.588. The van der Waals surface area contributed by atoms with Gasteiger partial charge in [0.15, 0.2) is 16.6 Å². The molecule has 5 nitrogen and oxygen atoms in total. The molecule has 0 heterocycles.